The summed E-state index contributed by atoms with van der Waals surface area (Å²) >= 11 is 0. The van der Waals surface area contributed by atoms with Crippen LogP contribution in [0.15, 0.2) is 0 Å². The first-order valence-electron chi connectivity index (χ1n) is 4.40. The van der Waals surface area contributed by atoms with Gasteiger partial charge in [0.1, 0.15) is 0 Å². The van der Waals surface area contributed by atoms with Crippen LogP contribution in [0, 0.1) is 0 Å². The van der Waals surface area contributed by atoms with Crippen LogP contribution in [0.5, 0.6) is 0 Å². The Morgan fingerprint density at radius 1 is 1.43 bits per heavy atom. The zero-order chi connectivity index (χ0) is 10.8. The third-order valence-corrected chi connectivity index (χ3v) is 3.80. The smallest absolute Gasteiger partial charge is 0.279 e. The van der Waals surface area contributed by atoms with Crippen LogP contribution >= 0.6 is 0 Å². The van der Waals surface area contributed by atoms with E-state index >= 15 is 0 Å². The highest BCUT2D eigenvalue weighted by atomic mass is 32.2. The van der Waals surface area contributed by atoms with Gasteiger partial charge in [-0.3, -0.25) is 0 Å². The molecule has 0 spiro atoms. The third kappa shape index (κ3) is 2.64. The zero-order valence-corrected chi connectivity index (χ0v) is 9.47. The van der Waals surface area contributed by atoms with Crippen molar-refractivity contribution >= 4 is 10.2 Å². The Labute approximate surface area is 84.8 Å². The number of rotatable bonds is 4. The van der Waals surface area contributed by atoms with Crippen LogP contribution in [-0.4, -0.2) is 59.2 Å². The quantitative estimate of drug-likeness (QED) is 0.600. The van der Waals surface area contributed by atoms with Gasteiger partial charge in [-0.2, -0.15) is 17.4 Å². The first-order valence-corrected chi connectivity index (χ1v) is 5.84. The van der Waals surface area contributed by atoms with Crippen molar-refractivity contribution < 1.29 is 13.2 Å². The molecule has 0 aromatic rings. The Hall–Kier alpha value is -0.210. The van der Waals surface area contributed by atoms with Crippen molar-refractivity contribution in [2.75, 3.05) is 34.3 Å². The molecule has 14 heavy (non-hydrogen) atoms. The van der Waals surface area contributed by atoms with Crippen LogP contribution in [-0.2, 0) is 14.9 Å². The molecule has 6 nitrogen and oxygen atoms in total. The van der Waals surface area contributed by atoms with Gasteiger partial charge in [-0.05, 0) is 0 Å². The van der Waals surface area contributed by atoms with Crippen molar-refractivity contribution in [3.05, 3.63) is 0 Å². The van der Waals surface area contributed by atoms with E-state index in [9.17, 15) is 8.42 Å². The van der Waals surface area contributed by atoms with Crippen molar-refractivity contribution in [2.45, 2.75) is 12.1 Å². The maximum Gasteiger partial charge on any atom is 0.279 e. The predicted molar refractivity (Wildman–Crippen MR) is 53.2 cm³/mol. The van der Waals surface area contributed by atoms with Crippen LogP contribution in [0.2, 0.25) is 0 Å². The topological polar surface area (TPSA) is 70.7 Å². The maximum absolute atomic E-state index is 11.5. The largest absolute Gasteiger partial charge is 0.378 e. The Balaban J connectivity index is 2.60. The fraction of sp³-hybridized carbons (Fsp3) is 1.00. The molecular weight excluding hydrogens is 206 g/mol. The average Bonchev–Trinajstić information content (AvgIpc) is 2.50. The molecule has 0 radical (unpaired) electrons. The summed E-state index contributed by atoms with van der Waals surface area (Å²) < 4.78 is 31.8. The number of hydrogen-bond acceptors (Lipinski definition) is 4. The fourth-order valence-corrected chi connectivity index (χ4v) is 2.15. The number of nitrogens with one attached hydrogen (secondary N) is 2. The summed E-state index contributed by atoms with van der Waals surface area (Å²) in [6, 6.07) is -0.188. The molecule has 1 aliphatic rings. The average molecular weight is 223 g/mol. The molecule has 1 rings (SSSR count). The number of hydrogen-bond donors (Lipinski definition) is 2. The summed E-state index contributed by atoms with van der Waals surface area (Å²) in [5.41, 5.74) is 0. The minimum Gasteiger partial charge on any atom is -0.378 e. The molecule has 1 saturated heterocycles. The zero-order valence-electron chi connectivity index (χ0n) is 8.65. The van der Waals surface area contributed by atoms with Gasteiger partial charge >= 0.3 is 0 Å². The second-order valence-electron chi connectivity index (χ2n) is 3.44. The van der Waals surface area contributed by atoms with E-state index in [1.54, 1.807) is 7.11 Å². The molecular formula is C7H17N3O3S. The summed E-state index contributed by atoms with van der Waals surface area (Å²) in [6.07, 6.45) is -0.0928. The summed E-state index contributed by atoms with van der Waals surface area (Å²) in [7, 11) is 1.20. The summed E-state index contributed by atoms with van der Waals surface area (Å²) in [6.45, 7) is 1.28. The van der Waals surface area contributed by atoms with E-state index in [-0.39, 0.29) is 12.1 Å². The number of methoxy groups -OCH3 is 1. The van der Waals surface area contributed by atoms with Crippen molar-refractivity contribution in [1.82, 2.24) is 14.3 Å². The van der Waals surface area contributed by atoms with Crippen LogP contribution in [0.4, 0.5) is 0 Å². The Bertz CT molecular complexity index is 278. The van der Waals surface area contributed by atoms with E-state index in [1.165, 1.54) is 14.1 Å². The lowest BCUT2D eigenvalue weighted by Crippen LogP contribution is -2.47. The van der Waals surface area contributed by atoms with Crippen LogP contribution in [0.1, 0.15) is 0 Å². The van der Waals surface area contributed by atoms with Crippen LogP contribution in [0.25, 0.3) is 0 Å². The first kappa shape index (κ1) is 11.9. The van der Waals surface area contributed by atoms with Gasteiger partial charge in [0.15, 0.2) is 0 Å². The second kappa shape index (κ2) is 4.54. The normalized spacial score (nSPS) is 28.6. The third-order valence-electron chi connectivity index (χ3n) is 2.24. The molecule has 2 atom stereocenters. The van der Waals surface area contributed by atoms with Crippen LogP contribution < -0.4 is 10.0 Å². The van der Waals surface area contributed by atoms with E-state index < -0.39 is 10.2 Å². The lowest BCUT2D eigenvalue weighted by Gasteiger charge is -2.20. The minimum atomic E-state index is -3.36. The molecule has 1 heterocycles. The van der Waals surface area contributed by atoms with Crippen molar-refractivity contribution in [3.63, 3.8) is 0 Å². The second-order valence-corrected chi connectivity index (χ2v) is 5.36. The highest BCUT2D eigenvalue weighted by Gasteiger charge is 2.31. The first-order chi connectivity index (χ1) is 6.47. The van der Waals surface area contributed by atoms with Gasteiger partial charge in [0.2, 0.25) is 0 Å². The van der Waals surface area contributed by atoms with E-state index in [2.05, 4.69) is 10.0 Å². The highest BCUT2D eigenvalue weighted by molar-refractivity contribution is 7.87. The lowest BCUT2D eigenvalue weighted by atomic mass is 10.2. The number of ether oxygens (including phenoxy) is 1. The summed E-state index contributed by atoms with van der Waals surface area (Å²) in [5, 5.41) is 3.06. The van der Waals surface area contributed by atoms with Gasteiger partial charge in [-0.1, -0.05) is 0 Å². The Morgan fingerprint density at radius 3 is 2.57 bits per heavy atom. The molecule has 0 bridgehead atoms. The lowest BCUT2D eigenvalue weighted by molar-refractivity contribution is 0.102. The molecule has 1 fully saturated rings. The molecule has 84 valence electrons. The fourth-order valence-electron chi connectivity index (χ4n) is 1.32. The van der Waals surface area contributed by atoms with Crippen molar-refractivity contribution in [2.24, 2.45) is 0 Å². The molecule has 0 amide bonds. The molecule has 1 unspecified atom stereocenters. The van der Waals surface area contributed by atoms with Gasteiger partial charge in [0.05, 0.1) is 12.1 Å². The molecule has 7 heteroatoms. The van der Waals surface area contributed by atoms with E-state index in [0.717, 1.165) is 4.31 Å². The molecule has 0 aromatic carbocycles. The van der Waals surface area contributed by atoms with Gasteiger partial charge in [0, 0.05) is 34.3 Å². The van der Waals surface area contributed by atoms with Crippen LogP contribution in [0.3, 0.4) is 0 Å². The SMILES string of the molecule is CO[C@H]1CNCC1NS(=O)(=O)N(C)C. The molecule has 0 saturated carbocycles. The van der Waals surface area contributed by atoms with E-state index in [0.29, 0.717) is 13.1 Å². The molecule has 0 aromatic heterocycles. The van der Waals surface area contributed by atoms with Gasteiger partial charge in [0.25, 0.3) is 10.2 Å². The molecule has 0 aliphatic carbocycles. The Morgan fingerprint density at radius 2 is 2.07 bits per heavy atom. The maximum atomic E-state index is 11.5. The van der Waals surface area contributed by atoms with Crippen molar-refractivity contribution in [3.8, 4) is 0 Å². The Kier molecular flexibility index (Phi) is 3.85. The van der Waals surface area contributed by atoms with Gasteiger partial charge in [-0.15, -0.1) is 0 Å². The molecule has 2 N–H and O–H groups in total. The predicted octanol–water partition coefficient (Wildman–Crippen LogP) is -1.63. The summed E-state index contributed by atoms with van der Waals surface area (Å²) in [4.78, 5) is 0. The van der Waals surface area contributed by atoms with Gasteiger partial charge in [-0.25, -0.2) is 0 Å². The highest BCUT2D eigenvalue weighted by Crippen LogP contribution is 2.05. The molecule has 1 aliphatic heterocycles. The van der Waals surface area contributed by atoms with Gasteiger partial charge < -0.3 is 10.1 Å². The van der Waals surface area contributed by atoms with E-state index in [1.807, 2.05) is 0 Å². The summed E-state index contributed by atoms with van der Waals surface area (Å²) in [5.74, 6) is 0. The standard InChI is InChI=1S/C7H17N3O3S/c1-10(2)14(11,12)9-6-4-8-5-7(6)13-3/h6-9H,4-5H2,1-3H3/t6?,7-/m0/s1. The monoisotopic (exact) mass is 223 g/mol. The van der Waals surface area contributed by atoms with E-state index in [4.69, 9.17) is 4.74 Å². The minimum absolute atomic E-state index is 0.0928. The van der Waals surface area contributed by atoms with Crippen molar-refractivity contribution in [1.29, 1.82) is 0 Å². The number of nitrogens with zero attached hydrogens (tertiary/aromatic N) is 1.